The molecule has 1 fully saturated rings. The summed E-state index contributed by atoms with van der Waals surface area (Å²) >= 11 is 12.3. The fourth-order valence-corrected chi connectivity index (χ4v) is 3.93. The second-order valence-corrected chi connectivity index (χ2v) is 8.14. The topological polar surface area (TPSA) is 69.2 Å². The molecule has 2 aliphatic rings. The number of hydrogen-bond donors (Lipinski definition) is 1. The van der Waals surface area contributed by atoms with Crippen LogP contribution in [0.3, 0.4) is 0 Å². The highest BCUT2D eigenvalue weighted by Crippen LogP contribution is 2.32. The summed E-state index contributed by atoms with van der Waals surface area (Å²) in [4.78, 5) is 16.0. The third kappa shape index (κ3) is 5.20. The highest BCUT2D eigenvalue weighted by molar-refractivity contribution is 6.42. The van der Waals surface area contributed by atoms with Crippen molar-refractivity contribution in [1.82, 2.24) is 5.32 Å². The number of oxime groups is 1. The quantitative estimate of drug-likeness (QED) is 0.672. The first kappa shape index (κ1) is 21.3. The smallest absolute Gasteiger partial charge is 0.341 e. The van der Waals surface area contributed by atoms with Gasteiger partial charge in [0, 0.05) is 24.6 Å². The largest absolute Gasteiger partial charge is 0.376 e. The lowest BCUT2D eigenvalue weighted by atomic mass is 9.96. The third-order valence-corrected chi connectivity index (χ3v) is 5.85. The van der Waals surface area contributed by atoms with E-state index in [2.05, 4.69) is 15.3 Å². The lowest BCUT2D eigenvalue weighted by molar-refractivity contribution is -0.140. The van der Waals surface area contributed by atoms with Crippen LogP contribution in [0.15, 0.2) is 47.6 Å². The van der Waals surface area contributed by atoms with Gasteiger partial charge in [0.15, 0.2) is 0 Å². The summed E-state index contributed by atoms with van der Waals surface area (Å²) in [5.74, 6) is -0.209. The van der Waals surface area contributed by atoms with Crippen LogP contribution in [0.1, 0.15) is 29.2 Å². The molecular weight excluding hydrogens is 427 g/mol. The van der Waals surface area contributed by atoms with Crippen LogP contribution in [-0.4, -0.2) is 38.0 Å². The molecule has 8 heteroatoms. The first-order valence-corrected chi connectivity index (χ1v) is 10.6. The Labute approximate surface area is 185 Å². The SMILES string of the molecule is O=C1CC(c2cccc(COC[C@@H]3CNCCO[C@H]3c3ccc(Cl)c(Cl)c3)c2)=NO1. The fraction of sp³-hybridized carbons (Fsp3) is 0.364. The number of carbonyl (C=O) groups excluding carboxylic acids is 1. The standard InChI is InChI=1S/C22H22Cl2N2O4/c23-18-5-4-16(9-19(18)24)22-17(11-25-6-7-29-22)13-28-12-14-2-1-3-15(8-14)20-10-21(27)30-26-20/h1-5,8-9,17,22,25H,6-7,10-13H2/t17-,22-/m0/s1. The van der Waals surface area contributed by atoms with E-state index in [1.165, 1.54) is 0 Å². The molecule has 0 aromatic heterocycles. The molecule has 4 rings (SSSR count). The third-order valence-electron chi connectivity index (χ3n) is 5.11. The maximum atomic E-state index is 11.3. The summed E-state index contributed by atoms with van der Waals surface area (Å²) in [5.41, 5.74) is 3.51. The molecule has 0 radical (unpaired) electrons. The van der Waals surface area contributed by atoms with Crippen LogP contribution in [-0.2, 0) is 25.7 Å². The van der Waals surface area contributed by atoms with Crippen molar-refractivity contribution in [2.45, 2.75) is 19.1 Å². The van der Waals surface area contributed by atoms with E-state index in [-0.39, 0.29) is 24.4 Å². The predicted octanol–water partition coefficient (Wildman–Crippen LogP) is 4.14. The van der Waals surface area contributed by atoms with Crippen LogP contribution in [0.2, 0.25) is 10.0 Å². The Bertz CT molecular complexity index is 950. The molecule has 0 spiro atoms. The Morgan fingerprint density at radius 2 is 2.07 bits per heavy atom. The average molecular weight is 449 g/mol. The van der Waals surface area contributed by atoms with Gasteiger partial charge in [0.25, 0.3) is 0 Å². The fourth-order valence-electron chi connectivity index (χ4n) is 3.62. The van der Waals surface area contributed by atoms with Gasteiger partial charge in [0.2, 0.25) is 0 Å². The summed E-state index contributed by atoms with van der Waals surface area (Å²) in [7, 11) is 0. The molecule has 30 heavy (non-hydrogen) atoms. The lowest BCUT2D eigenvalue weighted by Crippen LogP contribution is -2.28. The molecule has 0 amide bonds. The van der Waals surface area contributed by atoms with E-state index in [0.717, 1.165) is 29.8 Å². The van der Waals surface area contributed by atoms with Gasteiger partial charge >= 0.3 is 5.97 Å². The molecule has 1 saturated heterocycles. The van der Waals surface area contributed by atoms with Gasteiger partial charge in [-0.2, -0.15) is 0 Å². The summed E-state index contributed by atoms with van der Waals surface area (Å²) in [6.45, 7) is 3.15. The number of carbonyl (C=O) groups is 1. The first-order chi connectivity index (χ1) is 14.6. The number of ether oxygens (including phenoxy) is 2. The van der Waals surface area contributed by atoms with E-state index in [1.54, 1.807) is 6.07 Å². The molecule has 2 heterocycles. The molecule has 2 atom stereocenters. The van der Waals surface area contributed by atoms with Crippen molar-refractivity contribution in [2.75, 3.05) is 26.3 Å². The minimum Gasteiger partial charge on any atom is -0.376 e. The van der Waals surface area contributed by atoms with Crippen molar-refractivity contribution in [3.8, 4) is 0 Å². The van der Waals surface area contributed by atoms with E-state index >= 15 is 0 Å². The average Bonchev–Trinajstić information content (AvgIpc) is 3.05. The second-order valence-electron chi connectivity index (χ2n) is 7.32. The first-order valence-electron chi connectivity index (χ1n) is 9.81. The molecule has 2 aliphatic heterocycles. The van der Waals surface area contributed by atoms with E-state index in [4.69, 9.17) is 32.7 Å². The van der Waals surface area contributed by atoms with Gasteiger partial charge in [-0.1, -0.05) is 52.6 Å². The number of rotatable bonds is 6. The maximum absolute atomic E-state index is 11.3. The minimum atomic E-state index is -0.333. The van der Waals surface area contributed by atoms with E-state index in [9.17, 15) is 4.79 Å². The molecule has 158 valence electrons. The monoisotopic (exact) mass is 448 g/mol. The van der Waals surface area contributed by atoms with Crippen LogP contribution >= 0.6 is 23.2 Å². The normalized spacial score (nSPS) is 21.8. The molecule has 2 aromatic carbocycles. The zero-order chi connectivity index (χ0) is 20.9. The molecule has 0 bridgehead atoms. The van der Waals surface area contributed by atoms with Crippen molar-refractivity contribution >= 4 is 34.9 Å². The van der Waals surface area contributed by atoms with Crippen LogP contribution in [0.25, 0.3) is 0 Å². The van der Waals surface area contributed by atoms with Crippen molar-refractivity contribution in [3.05, 3.63) is 69.2 Å². The lowest BCUT2D eigenvalue weighted by Gasteiger charge is -2.25. The Hall–Kier alpha value is -1.96. The Morgan fingerprint density at radius 3 is 2.87 bits per heavy atom. The maximum Gasteiger partial charge on any atom is 0.341 e. The number of nitrogens with zero attached hydrogens (tertiary/aromatic N) is 1. The second kappa shape index (κ2) is 9.90. The van der Waals surface area contributed by atoms with Crippen molar-refractivity contribution in [1.29, 1.82) is 0 Å². The number of nitrogens with one attached hydrogen (secondary N) is 1. The van der Waals surface area contributed by atoms with Crippen LogP contribution in [0, 0.1) is 5.92 Å². The van der Waals surface area contributed by atoms with Gasteiger partial charge in [0.1, 0.15) is 0 Å². The summed E-state index contributed by atoms with van der Waals surface area (Å²) in [6, 6.07) is 13.4. The predicted molar refractivity (Wildman–Crippen MR) is 115 cm³/mol. The Kier molecular flexibility index (Phi) is 7.02. The van der Waals surface area contributed by atoms with Gasteiger partial charge in [-0.25, -0.2) is 4.79 Å². The van der Waals surface area contributed by atoms with Crippen LogP contribution < -0.4 is 5.32 Å². The summed E-state index contributed by atoms with van der Waals surface area (Å²) in [6.07, 6.45) is 0.0675. The molecule has 0 aliphatic carbocycles. The van der Waals surface area contributed by atoms with Crippen molar-refractivity contribution in [3.63, 3.8) is 0 Å². The molecule has 0 unspecified atom stereocenters. The zero-order valence-corrected chi connectivity index (χ0v) is 17.8. The zero-order valence-electron chi connectivity index (χ0n) is 16.3. The van der Waals surface area contributed by atoms with Gasteiger partial charge in [-0.3, -0.25) is 0 Å². The van der Waals surface area contributed by atoms with Gasteiger partial charge in [0.05, 0.1) is 48.1 Å². The molecule has 0 saturated carbocycles. The number of halogens is 2. The van der Waals surface area contributed by atoms with E-state index in [0.29, 0.717) is 35.6 Å². The van der Waals surface area contributed by atoms with Crippen LogP contribution in [0.4, 0.5) is 0 Å². The summed E-state index contributed by atoms with van der Waals surface area (Å²) in [5, 5.41) is 8.27. The van der Waals surface area contributed by atoms with Crippen LogP contribution in [0.5, 0.6) is 0 Å². The molecular formula is C22H22Cl2N2O4. The van der Waals surface area contributed by atoms with Gasteiger partial charge in [-0.05, 0) is 29.3 Å². The molecule has 2 aromatic rings. The Balaban J connectivity index is 1.40. The number of benzene rings is 2. The van der Waals surface area contributed by atoms with Crippen molar-refractivity contribution in [2.24, 2.45) is 11.1 Å². The minimum absolute atomic E-state index is 0.123. The molecule has 1 N–H and O–H groups in total. The van der Waals surface area contributed by atoms with E-state index in [1.807, 2.05) is 36.4 Å². The summed E-state index contributed by atoms with van der Waals surface area (Å²) < 4.78 is 12.1. The van der Waals surface area contributed by atoms with Gasteiger partial charge in [-0.15, -0.1) is 0 Å². The van der Waals surface area contributed by atoms with Crippen molar-refractivity contribution < 1.29 is 19.1 Å². The highest BCUT2D eigenvalue weighted by atomic mass is 35.5. The number of hydrogen-bond acceptors (Lipinski definition) is 6. The Morgan fingerprint density at radius 1 is 1.17 bits per heavy atom. The van der Waals surface area contributed by atoms with E-state index < -0.39 is 0 Å². The highest BCUT2D eigenvalue weighted by Gasteiger charge is 2.27. The molecule has 6 nitrogen and oxygen atoms in total. The van der Waals surface area contributed by atoms with Gasteiger partial charge < -0.3 is 19.6 Å².